The summed E-state index contributed by atoms with van der Waals surface area (Å²) in [7, 11) is 0. The summed E-state index contributed by atoms with van der Waals surface area (Å²) in [6.45, 7) is 7.12. The monoisotopic (exact) mass is 466 g/mol. The van der Waals surface area contributed by atoms with E-state index < -0.39 is 23.7 Å². The smallest absolute Gasteiger partial charge is 0.406 e. The maximum absolute atomic E-state index is 12.8. The summed E-state index contributed by atoms with van der Waals surface area (Å²) in [5.74, 6) is -1.21. The molecular weight excluding hydrogens is 437 g/mol. The lowest BCUT2D eigenvalue weighted by Crippen LogP contribution is -2.59. The summed E-state index contributed by atoms with van der Waals surface area (Å²) in [6.07, 6.45) is -2.81. The van der Waals surface area contributed by atoms with Gasteiger partial charge < -0.3 is 25.6 Å². The van der Waals surface area contributed by atoms with E-state index in [4.69, 9.17) is 5.73 Å². The molecule has 7 nitrogen and oxygen atoms in total. The van der Waals surface area contributed by atoms with Gasteiger partial charge in [0.25, 0.3) is 0 Å². The highest BCUT2D eigenvalue weighted by atomic mass is 19.4. The minimum absolute atomic E-state index is 0.194. The number of hydrogen-bond acceptors (Lipinski definition) is 4. The Balaban J connectivity index is 1.65. The van der Waals surface area contributed by atoms with Crippen molar-refractivity contribution in [3.05, 3.63) is 35.5 Å². The Morgan fingerprint density at radius 2 is 1.73 bits per heavy atom. The lowest BCUT2D eigenvalue weighted by molar-refractivity contribution is -0.274. The molecule has 3 N–H and O–H groups in total. The number of carbonyl (C=O) groups is 2. The Morgan fingerprint density at radius 1 is 1.09 bits per heavy atom. The van der Waals surface area contributed by atoms with Gasteiger partial charge in [-0.25, -0.2) is 4.79 Å². The van der Waals surface area contributed by atoms with Gasteiger partial charge in [0, 0.05) is 30.9 Å². The molecule has 2 aliphatic heterocycles. The van der Waals surface area contributed by atoms with Gasteiger partial charge in [0.05, 0.1) is 12.0 Å². The molecule has 1 aromatic carbocycles. The molecule has 0 aromatic heterocycles. The first-order valence-corrected chi connectivity index (χ1v) is 11.1. The number of allylic oxidation sites excluding steroid dienone is 1. The highest BCUT2D eigenvalue weighted by molar-refractivity contribution is 5.94. The quantitative estimate of drug-likeness (QED) is 0.713. The van der Waals surface area contributed by atoms with Crippen LogP contribution in [0.5, 0.6) is 5.75 Å². The predicted octanol–water partition coefficient (Wildman–Crippen LogP) is 3.32. The number of ether oxygens (including phenoxy) is 1. The van der Waals surface area contributed by atoms with Crippen molar-refractivity contribution in [2.45, 2.75) is 51.6 Å². The average molecular weight is 467 g/mol. The van der Waals surface area contributed by atoms with Crippen LogP contribution in [0.3, 0.4) is 0 Å². The van der Waals surface area contributed by atoms with Gasteiger partial charge in [-0.1, -0.05) is 12.1 Å². The van der Waals surface area contributed by atoms with Crippen LogP contribution in [0, 0.1) is 11.8 Å². The van der Waals surface area contributed by atoms with Crippen LogP contribution in [-0.4, -0.2) is 59.3 Å². The van der Waals surface area contributed by atoms with E-state index in [1.165, 1.54) is 24.3 Å². The second kappa shape index (κ2) is 8.14. The van der Waals surface area contributed by atoms with Gasteiger partial charge in [0.2, 0.25) is 5.91 Å². The normalized spacial score (nSPS) is 23.5. The molecule has 0 spiro atoms. The fourth-order valence-corrected chi connectivity index (χ4v) is 4.79. The maximum atomic E-state index is 12.8. The third-order valence-corrected chi connectivity index (χ3v) is 6.14. The molecule has 1 saturated carbocycles. The number of fused-ring (bicyclic) bond motifs is 1. The average Bonchev–Trinajstić information content (AvgIpc) is 3.46. The molecule has 33 heavy (non-hydrogen) atoms. The Kier molecular flexibility index (Phi) is 5.74. The summed E-state index contributed by atoms with van der Waals surface area (Å²) in [5, 5.41) is 2.96. The van der Waals surface area contributed by atoms with Crippen LogP contribution < -0.4 is 15.8 Å². The summed E-state index contributed by atoms with van der Waals surface area (Å²) >= 11 is 0. The molecular formula is C23H29F3N4O3. The van der Waals surface area contributed by atoms with E-state index in [0.29, 0.717) is 25.2 Å². The van der Waals surface area contributed by atoms with Gasteiger partial charge >= 0.3 is 12.4 Å². The van der Waals surface area contributed by atoms with Crippen molar-refractivity contribution < 1.29 is 27.5 Å². The Morgan fingerprint density at radius 3 is 2.24 bits per heavy atom. The Hall–Kier alpha value is -2.91. The number of benzene rings is 1. The van der Waals surface area contributed by atoms with Crippen LogP contribution in [-0.2, 0) is 4.79 Å². The number of nitrogens with zero attached hydrogens (tertiary/aromatic N) is 2. The molecule has 3 amide bonds. The molecule has 2 unspecified atom stereocenters. The minimum Gasteiger partial charge on any atom is -0.406 e. The number of primary amides is 1. The van der Waals surface area contributed by atoms with Crippen molar-refractivity contribution in [1.82, 2.24) is 15.1 Å². The maximum Gasteiger partial charge on any atom is 0.573 e. The van der Waals surface area contributed by atoms with E-state index in [-0.39, 0.29) is 23.7 Å². The molecule has 0 radical (unpaired) electrons. The van der Waals surface area contributed by atoms with Crippen LogP contribution in [0.15, 0.2) is 30.0 Å². The summed E-state index contributed by atoms with van der Waals surface area (Å²) in [6, 6.07) is 5.07. The predicted molar refractivity (Wildman–Crippen MR) is 116 cm³/mol. The minimum atomic E-state index is -4.78. The van der Waals surface area contributed by atoms with Crippen molar-refractivity contribution in [2.75, 3.05) is 19.6 Å². The lowest BCUT2D eigenvalue weighted by atomic mass is 9.87. The molecule has 3 aliphatic rings. The van der Waals surface area contributed by atoms with E-state index >= 15 is 0 Å². The molecule has 1 saturated heterocycles. The van der Waals surface area contributed by atoms with Gasteiger partial charge in [0.1, 0.15) is 5.75 Å². The van der Waals surface area contributed by atoms with Crippen molar-refractivity contribution in [2.24, 2.45) is 17.6 Å². The molecule has 1 aromatic rings. The van der Waals surface area contributed by atoms with E-state index in [1.54, 1.807) is 4.90 Å². The number of nitrogens with two attached hydrogens (primary N) is 1. The SMILES string of the molecule is CC(C)(C)NC(=O)N1CCN2C(C3CC3)=C(c3ccc(OC(F)(F)F)cc3)C(C(N)=O)C2C1. The first-order chi connectivity index (χ1) is 15.3. The van der Waals surface area contributed by atoms with E-state index in [2.05, 4.69) is 15.0 Å². The number of alkyl halides is 3. The van der Waals surface area contributed by atoms with Crippen LogP contribution in [0.1, 0.15) is 39.2 Å². The second-order valence-corrected chi connectivity index (χ2v) is 9.91. The molecule has 2 heterocycles. The molecule has 180 valence electrons. The number of hydrogen-bond donors (Lipinski definition) is 2. The summed E-state index contributed by atoms with van der Waals surface area (Å²) in [4.78, 5) is 29.3. The lowest BCUT2D eigenvalue weighted by Gasteiger charge is -2.42. The topological polar surface area (TPSA) is 87.9 Å². The molecule has 10 heteroatoms. The second-order valence-electron chi connectivity index (χ2n) is 9.91. The van der Waals surface area contributed by atoms with Crippen molar-refractivity contribution in [3.63, 3.8) is 0 Å². The van der Waals surface area contributed by atoms with Gasteiger partial charge in [-0.15, -0.1) is 13.2 Å². The Labute approximate surface area is 190 Å². The number of nitrogens with one attached hydrogen (secondary N) is 1. The molecule has 2 fully saturated rings. The third kappa shape index (κ3) is 5.04. The van der Waals surface area contributed by atoms with Crippen LogP contribution in [0.2, 0.25) is 0 Å². The number of piperazine rings is 1. The van der Waals surface area contributed by atoms with Crippen LogP contribution >= 0.6 is 0 Å². The number of amides is 3. The van der Waals surface area contributed by atoms with Crippen molar-refractivity contribution in [1.29, 1.82) is 0 Å². The number of rotatable bonds is 4. The number of urea groups is 1. The van der Waals surface area contributed by atoms with Gasteiger partial charge in [-0.3, -0.25) is 4.79 Å². The molecule has 4 rings (SSSR count). The highest BCUT2D eigenvalue weighted by Gasteiger charge is 2.50. The van der Waals surface area contributed by atoms with Gasteiger partial charge in [-0.05, 0) is 62.8 Å². The first kappa shape index (κ1) is 23.3. The van der Waals surface area contributed by atoms with Crippen LogP contribution in [0.25, 0.3) is 5.57 Å². The van der Waals surface area contributed by atoms with Crippen molar-refractivity contribution >= 4 is 17.5 Å². The summed E-state index contributed by atoms with van der Waals surface area (Å²) in [5.41, 5.74) is 7.90. The van der Waals surface area contributed by atoms with Crippen LogP contribution in [0.4, 0.5) is 18.0 Å². The third-order valence-electron chi connectivity index (χ3n) is 6.14. The van der Waals surface area contributed by atoms with E-state index in [1.807, 2.05) is 20.8 Å². The molecule has 0 bridgehead atoms. The first-order valence-electron chi connectivity index (χ1n) is 11.1. The van der Waals surface area contributed by atoms with Gasteiger partial charge in [-0.2, -0.15) is 0 Å². The number of carbonyl (C=O) groups excluding carboxylic acids is 2. The standard InChI is InChI=1S/C23H29F3N4O3/c1-22(2,3)28-21(32)29-10-11-30-16(12-29)18(20(27)31)17(19(30)14-4-5-14)13-6-8-15(9-7-13)33-23(24,25)26/h6-9,14,16,18H,4-5,10-12H2,1-3H3,(H2,27,31)(H,28,32). The fourth-order valence-electron chi connectivity index (χ4n) is 4.79. The highest BCUT2D eigenvalue weighted by Crippen LogP contribution is 2.51. The number of halogens is 3. The zero-order valence-corrected chi connectivity index (χ0v) is 18.9. The zero-order chi connectivity index (χ0) is 24.1. The van der Waals surface area contributed by atoms with E-state index in [0.717, 1.165) is 24.1 Å². The van der Waals surface area contributed by atoms with Crippen molar-refractivity contribution in [3.8, 4) is 5.75 Å². The van der Waals surface area contributed by atoms with E-state index in [9.17, 15) is 22.8 Å². The fraction of sp³-hybridized carbons (Fsp3) is 0.565. The Bertz CT molecular complexity index is 965. The molecule has 2 atom stereocenters. The van der Waals surface area contributed by atoms with Gasteiger partial charge in [0.15, 0.2) is 0 Å². The summed E-state index contributed by atoms with van der Waals surface area (Å²) < 4.78 is 41.7. The molecule has 1 aliphatic carbocycles. The zero-order valence-electron chi connectivity index (χ0n) is 18.9. The largest absolute Gasteiger partial charge is 0.573 e.